The molecule has 0 saturated carbocycles. The number of ether oxygens (including phenoxy) is 1. The van der Waals surface area contributed by atoms with Gasteiger partial charge in [0.15, 0.2) is 0 Å². The Bertz CT molecular complexity index is 528. The van der Waals surface area contributed by atoms with Crippen molar-refractivity contribution in [1.29, 1.82) is 0 Å². The van der Waals surface area contributed by atoms with Crippen LogP contribution < -0.4 is 5.32 Å². The van der Waals surface area contributed by atoms with Crippen molar-refractivity contribution < 1.29 is 9.53 Å². The van der Waals surface area contributed by atoms with E-state index >= 15 is 0 Å². The van der Waals surface area contributed by atoms with Crippen molar-refractivity contribution in [1.82, 2.24) is 5.32 Å². The average molecular weight is 256 g/mol. The van der Waals surface area contributed by atoms with Gasteiger partial charge in [-0.1, -0.05) is 30.3 Å². The van der Waals surface area contributed by atoms with Gasteiger partial charge in [-0.2, -0.15) is 0 Å². The highest BCUT2D eigenvalue weighted by atomic mass is 16.5. The second-order valence-corrected chi connectivity index (χ2v) is 4.78. The number of amides is 1. The number of amidine groups is 1. The van der Waals surface area contributed by atoms with Gasteiger partial charge in [-0.05, 0) is 24.5 Å². The average Bonchev–Trinajstić information content (AvgIpc) is 2.82. The lowest BCUT2D eigenvalue weighted by Gasteiger charge is -2.21. The molecule has 1 aromatic carbocycles. The van der Waals surface area contributed by atoms with Crippen molar-refractivity contribution in [2.45, 2.75) is 12.8 Å². The molecule has 2 aliphatic heterocycles. The third-order valence-electron chi connectivity index (χ3n) is 3.43. The Balaban J connectivity index is 1.81. The SMILES string of the molecule is O=C1NC(C2CCOCC2)=N/C1=C/c1ccccc1. The molecule has 1 saturated heterocycles. The van der Waals surface area contributed by atoms with E-state index in [1.165, 1.54) is 0 Å². The standard InChI is InChI=1S/C15H16N2O2/c18-15-13(10-11-4-2-1-3-5-11)16-14(17-15)12-6-8-19-9-7-12/h1-5,10,12H,6-9H2,(H,16,17,18)/b13-10+. The van der Waals surface area contributed by atoms with Crippen LogP contribution in [-0.4, -0.2) is 25.0 Å². The Morgan fingerprint density at radius 3 is 2.68 bits per heavy atom. The summed E-state index contributed by atoms with van der Waals surface area (Å²) in [6, 6.07) is 9.77. The number of hydrogen-bond acceptors (Lipinski definition) is 3. The first kappa shape index (κ1) is 12.1. The minimum Gasteiger partial charge on any atom is -0.381 e. The Labute approximate surface area is 112 Å². The maximum Gasteiger partial charge on any atom is 0.275 e. The summed E-state index contributed by atoms with van der Waals surface area (Å²) in [6.45, 7) is 1.49. The number of carbonyl (C=O) groups is 1. The molecular weight excluding hydrogens is 240 g/mol. The van der Waals surface area contributed by atoms with Crippen LogP contribution in [0.2, 0.25) is 0 Å². The number of carbonyl (C=O) groups excluding carboxylic acids is 1. The highest BCUT2D eigenvalue weighted by Crippen LogP contribution is 2.21. The topological polar surface area (TPSA) is 50.7 Å². The number of nitrogens with one attached hydrogen (secondary N) is 1. The molecule has 4 nitrogen and oxygen atoms in total. The van der Waals surface area contributed by atoms with Crippen LogP contribution in [0, 0.1) is 5.92 Å². The fourth-order valence-corrected chi connectivity index (χ4v) is 2.36. The van der Waals surface area contributed by atoms with Crippen LogP contribution >= 0.6 is 0 Å². The molecule has 1 aromatic rings. The third kappa shape index (κ3) is 2.74. The molecule has 19 heavy (non-hydrogen) atoms. The molecule has 2 heterocycles. The molecular formula is C15H16N2O2. The predicted octanol–water partition coefficient (Wildman–Crippen LogP) is 1.98. The summed E-state index contributed by atoms with van der Waals surface area (Å²) in [5.74, 6) is 1.01. The zero-order valence-corrected chi connectivity index (χ0v) is 10.6. The minimum atomic E-state index is -0.106. The molecule has 4 heteroatoms. The summed E-state index contributed by atoms with van der Waals surface area (Å²) in [5.41, 5.74) is 1.48. The highest BCUT2D eigenvalue weighted by Gasteiger charge is 2.27. The highest BCUT2D eigenvalue weighted by molar-refractivity contribution is 6.15. The van der Waals surface area contributed by atoms with Gasteiger partial charge in [0.1, 0.15) is 11.5 Å². The zero-order valence-electron chi connectivity index (χ0n) is 10.6. The van der Waals surface area contributed by atoms with Gasteiger partial charge < -0.3 is 10.1 Å². The predicted molar refractivity (Wildman–Crippen MR) is 73.5 cm³/mol. The molecule has 3 rings (SSSR count). The lowest BCUT2D eigenvalue weighted by molar-refractivity contribution is -0.115. The van der Waals surface area contributed by atoms with E-state index in [4.69, 9.17) is 4.74 Å². The summed E-state index contributed by atoms with van der Waals surface area (Å²) in [4.78, 5) is 16.4. The summed E-state index contributed by atoms with van der Waals surface area (Å²) in [6.07, 6.45) is 3.68. The smallest absolute Gasteiger partial charge is 0.275 e. The molecule has 0 aliphatic carbocycles. The first-order valence-electron chi connectivity index (χ1n) is 6.57. The number of benzene rings is 1. The maximum atomic E-state index is 11.9. The van der Waals surface area contributed by atoms with E-state index < -0.39 is 0 Å². The molecule has 0 aromatic heterocycles. The van der Waals surface area contributed by atoms with Gasteiger partial charge in [0.25, 0.3) is 5.91 Å². The fourth-order valence-electron chi connectivity index (χ4n) is 2.36. The number of rotatable bonds is 2. The van der Waals surface area contributed by atoms with Gasteiger partial charge in [0.2, 0.25) is 0 Å². The number of hydrogen-bond donors (Lipinski definition) is 1. The largest absolute Gasteiger partial charge is 0.381 e. The summed E-state index contributed by atoms with van der Waals surface area (Å²) in [7, 11) is 0. The van der Waals surface area contributed by atoms with E-state index in [2.05, 4.69) is 10.3 Å². The lowest BCUT2D eigenvalue weighted by Crippen LogP contribution is -2.33. The summed E-state index contributed by atoms with van der Waals surface area (Å²) < 4.78 is 5.33. The molecule has 0 spiro atoms. The van der Waals surface area contributed by atoms with E-state index in [0.717, 1.165) is 37.5 Å². The summed E-state index contributed by atoms with van der Waals surface area (Å²) in [5, 5.41) is 2.88. The molecule has 0 radical (unpaired) electrons. The number of aliphatic imine (C=N–C) groups is 1. The first-order valence-corrected chi connectivity index (χ1v) is 6.57. The van der Waals surface area contributed by atoms with Gasteiger partial charge in [0, 0.05) is 19.1 Å². The molecule has 0 bridgehead atoms. The van der Waals surface area contributed by atoms with Crippen molar-refractivity contribution in [3.05, 3.63) is 41.6 Å². The van der Waals surface area contributed by atoms with E-state index in [1.54, 1.807) is 0 Å². The Morgan fingerprint density at radius 1 is 1.21 bits per heavy atom. The van der Waals surface area contributed by atoms with Gasteiger partial charge >= 0.3 is 0 Å². The summed E-state index contributed by atoms with van der Waals surface area (Å²) >= 11 is 0. The molecule has 1 amide bonds. The molecule has 98 valence electrons. The minimum absolute atomic E-state index is 0.106. The Kier molecular flexibility index (Phi) is 3.42. The van der Waals surface area contributed by atoms with Gasteiger partial charge in [-0.15, -0.1) is 0 Å². The van der Waals surface area contributed by atoms with Gasteiger partial charge in [0.05, 0.1) is 0 Å². The molecule has 1 fully saturated rings. The van der Waals surface area contributed by atoms with Crippen LogP contribution in [0.25, 0.3) is 6.08 Å². The van der Waals surface area contributed by atoms with E-state index in [1.807, 2.05) is 36.4 Å². The van der Waals surface area contributed by atoms with Crippen LogP contribution in [0.4, 0.5) is 0 Å². The Hall–Kier alpha value is -1.94. The second-order valence-electron chi connectivity index (χ2n) is 4.78. The van der Waals surface area contributed by atoms with Crippen LogP contribution in [0.1, 0.15) is 18.4 Å². The molecule has 1 N–H and O–H groups in total. The van der Waals surface area contributed by atoms with Gasteiger partial charge in [-0.25, -0.2) is 4.99 Å². The fraction of sp³-hybridized carbons (Fsp3) is 0.333. The quantitative estimate of drug-likeness (QED) is 0.823. The van der Waals surface area contributed by atoms with Crippen LogP contribution in [-0.2, 0) is 9.53 Å². The van der Waals surface area contributed by atoms with Crippen molar-refractivity contribution >= 4 is 17.8 Å². The lowest BCUT2D eigenvalue weighted by atomic mass is 9.99. The second kappa shape index (κ2) is 5.36. The normalized spacial score (nSPS) is 22.4. The van der Waals surface area contributed by atoms with E-state index in [0.29, 0.717) is 11.6 Å². The van der Waals surface area contributed by atoms with E-state index in [9.17, 15) is 4.79 Å². The molecule has 2 aliphatic rings. The van der Waals surface area contributed by atoms with Crippen LogP contribution in [0.5, 0.6) is 0 Å². The first-order chi connectivity index (χ1) is 9.33. The van der Waals surface area contributed by atoms with Gasteiger partial charge in [-0.3, -0.25) is 4.79 Å². The monoisotopic (exact) mass is 256 g/mol. The maximum absolute atomic E-state index is 11.9. The molecule has 0 atom stereocenters. The van der Waals surface area contributed by atoms with Crippen molar-refractivity contribution in [3.8, 4) is 0 Å². The van der Waals surface area contributed by atoms with Crippen molar-refractivity contribution in [3.63, 3.8) is 0 Å². The van der Waals surface area contributed by atoms with Crippen molar-refractivity contribution in [2.24, 2.45) is 10.9 Å². The van der Waals surface area contributed by atoms with E-state index in [-0.39, 0.29) is 5.91 Å². The molecule has 0 unspecified atom stereocenters. The zero-order chi connectivity index (χ0) is 13.1. The third-order valence-corrected chi connectivity index (χ3v) is 3.43. The van der Waals surface area contributed by atoms with Crippen LogP contribution in [0.3, 0.4) is 0 Å². The van der Waals surface area contributed by atoms with Crippen LogP contribution in [0.15, 0.2) is 41.0 Å². The number of nitrogens with zero attached hydrogens (tertiary/aromatic N) is 1. The van der Waals surface area contributed by atoms with Crippen molar-refractivity contribution in [2.75, 3.05) is 13.2 Å². The Morgan fingerprint density at radius 2 is 1.95 bits per heavy atom.